The maximum Gasteiger partial charge on any atom is 0.320 e. The van der Waals surface area contributed by atoms with Crippen LogP contribution in [0.3, 0.4) is 0 Å². The fraction of sp³-hybridized carbons (Fsp3) is 0.818. The van der Waals surface area contributed by atoms with Gasteiger partial charge in [-0.2, -0.15) is 5.26 Å². The van der Waals surface area contributed by atoms with Crippen LogP contribution in [-0.4, -0.2) is 35.1 Å². The van der Waals surface area contributed by atoms with E-state index in [1.54, 1.807) is 0 Å². The zero-order chi connectivity index (χ0) is 11.3. The van der Waals surface area contributed by atoms with Crippen molar-refractivity contribution in [3.05, 3.63) is 0 Å². The van der Waals surface area contributed by atoms with Gasteiger partial charge in [0.15, 0.2) is 0 Å². The zero-order valence-corrected chi connectivity index (χ0v) is 9.15. The molecule has 4 nitrogen and oxygen atoms in total. The van der Waals surface area contributed by atoms with Gasteiger partial charge in [-0.15, -0.1) is 0 Å². The number of carbonyl (C=O) groups is 1. The molecule has 1 heterocycles. The Balaban J connectivity index is 2.49. The lowest BCUT2D eigenvalue weighted by Gasteiger charge is -2.33. The monoisotopic (exact) mass is 210 g/mol. The first-order valence-electron chi connectivity index (χ1n) is 5.55. The summed E-state index contributed by atoms with van der Waals surface area (Å²) in [6.45, 7) is 3.49. The third kappa shape index (κ3) is 3.21. The molecule has 0 saturated carbocycles. The van der Waals surface area contributed by atoms with E-state index < -0.39 is 5.97 Å². The minimum Gasteiger partial charge on any atom is -0.480 e. The van der Waals surface area contributed by atoms with Crippen molar-refractivity contribution in [2.24, 2.45) is 5.92 Å². The molecule has 0 bridgehead atoms. The topological polar surface area (TPSA) is 64.3 Å². The van der Waals surface area contributed by atoms with Gasteiger partial charge >= 0.3 is 5.97 Å². The number of carboxylic acid groups (broad SMARTS) is 1. The van der Waals surface area contributed by atoms with Crippen molar-refractivity contribution in [1.29, 1.82) is 5.26 Å². The van der Waals surface area contributed by atoms with E-state index in [0.29, 0.717) is 6.42 Å². The lowest BCUT2D eigenvalue weighted by Crippen LogP contribution is -2.45. The van der Waals surface area contributed by atoms with Crippen molar-refractivity contribution >= 4 is 5.97 Å². The Bertz CT molecular complexity index is 252. The van der Waals surface area contributed by atoms with Gasteiger partial charge in [0.05, 0.1) is 6.07 Å². The van der Waals surface area contributed by atoms with Crippen LogP contribution in [0.25, 0.3) is 0 Å². The summed E-state index contributed by atoms with van der Waals surface area (Å²) < 4.78 is 0. The fourth-order valence-electron chi connectivity index (χ4n) is 2.08. The van der Waals surface area contributed by atoms with E-state index in [9.17, 15) is 4.79 Å². The third-order valence-corrected chi connectivity index (χ3v) is 3.00. The second-order valence-corrected chi connectivity index (χ2v) is 4.08. The highest BCUT2D eigenvalue weighted by atomic mass is 16.4. The molecule has 1 rings (SSSR count). The van der Waals surface area contributed by atoms with E-state index >= 15 is 0 Å². The lowest BCUT2D eigenvalue weighted by atomic mass is 9.96. The smallest absolute Gasteiger partial charge is 0.320 e. The average molecular weight is 210 g/mol. The number of carboxylic acids is 1. The Kier molecular flexibility index (Phi) is 4.57. The SMILES string of the molecule is CCCC(C(=O)O)N1CCC(C#N)CC1. The summed E-state index contributed by atoms with van der Waals surface area (Å²) in [5, 5.41) is 17.8. The van der Waals surface area contributed by atoms with Crippen molar-refractivity contribution in [3.8, 4) is 6.07 Å². The molecule has 84 valence electrons. The first-order chi connectivity index (χ1) is 7.19. The molecule has 0 aromatic carbocycles. The van der Waals surface area contributed by atoms with Crippen LogP contribution in [0.5, 0.6) is 0 Å². The summed E-state index contributed by atoms with van der Waals surface area (Å²) in [6, 6.07) is 1.90. The van der Waals surface area contributed by atoms with Crippen molar-refractivity contribution in [1.82, 2.24) is 4.90 Å². The molecule has 1 unspecified atom stereocenters. The molecule has 0 radical (unpaired) electrons. The van der Waals surface area contributed by atoms with Crippen LogP contribution >= 0.6 is 0 Å². The highest BCUT2D eigenvalue weighted by Gasteiger charge is 2.28. The summed E-state index contributed by atoms with van der Waals surface area (Å²) in [5.41, 5.74) is 0. The summed E-state index contributed by atoms with van der Waals surface area (Å²) in [5.74, 6) is -0.607. The van der Waals surface area contributed by atoms with Gasteiger partial charge in [0.2, 0.25) is 0 Å². The van der Waals surface area contributed by atoms with Crippen molar-refractivity contribution in [3.63, 3.8) is 0 Å². The van der Waals surface area contributed by atoms with Gasteiger partial charge in [-0.05, 0) is 19.3 Å². The predicted octanol–water partition coefficient (Wildman–Crippen LogP) is 1.48. The number of hydrogen-bond acceptors (Lipinski definition) is 3. The molecule has 0 spiro atoms. The highest BCUT2D eigenvalue weighted by Crippen LogP contribution is 2.20. The summed E-state index contributed by atoms with van der Waals surface area (Å²) >= 11 is 0. The van der Waals surface area contributed by atoms with E-state index in [1.165, 1.54) is 0 Å². The highest BCUT2D eigenvalue weighted by molar-refractivity contribution is 5.73. The van der Waals surface area contributed by atoms with Gasteiger partial charge < -0.3 is 5.11 Å². The van der Waals surface area contributed by atoms with Crippen LogP contribution in [0.15, 0.2) is 0 Å². The maximum absolute atomic E-state index is 11.0. The molecule has 1 aliphatic heterocycles. The zero-order valence-electron chi connectivity index (χ0n) is 9.15. The van der Waals surface area contributed by atoms with Crippen LogP contribution < -0.4 is 0 Å². The quantitative estimate of drug-likeness (QED) is 0.763. The molecule has 15 heavy (non-hydrogen) atoms. The minimum absolute atomic E-state index is 0.123. The number of nitrogens with zero attached hydrogens (tertiary/aromatic N) is 2. The largest absolute Gasteiger partial charge is 0.480 e. The molecular weight excluding hydrogens is 192 g/mol. The van der Waals surface area contributed by atoms with E-state index in [-0.39, 0.29) is 12.0 Å². The fourth-order valence-corrected chi connectivity index (χ4v) is 2.08. The van der Waals surface area contributed by atoms with Crippen molar-refractivity contribution < 1.29 is 9.90 Å². The number of nitriles is 1. The summed E-state index contributed by atoms with van der Waals surface area (Å²) in [4.78, 5) is 13.0. The van der Waals surface area contributed by atoms with E-state index in [4.69, 9.17) is 10.4 Å². The molecule has 1 atom stereocenters. The Hall–Kier alpha value is -1.08. The van der Waals surface area contributed by atoms with Gasteiger partial charge in [-0.3, -0.25) is 9.69 Å². The Morgan fingerprint density at radius 1 is 1.60 bits per heavy atom. The van der Waals surface area contributed by atoms with Crippen LogP contribution in [0, 0.1) is 17.2 Å². The number of piperidine rings is 1. The molecule has 1 N–H and O–H groups in total. The second kappa shape index (κ2) is 5.72. The minimum atomic E-state index is -0.729. The number of rotatable bonds is 4. The first-order valence-corrected chi connectivity index (χ1v) is 5.55. The average Bonchev–Trinajstić information content (AvgIpc) is 2.26. The van der Waals surface area contributed by atoms with E-state index in [0.717, 1.165) is 32.4 Å². The van der Waals surface area contributed by atoms with Crippen molar-refractivity contribution in [2.45, 2.75) is 38.6 Å². The molecule has 0 aliphatic carbocycles. The van der Waals surface area contributed by atoms with Crippen LogP contribution in [0.4, 0.5) is 0 Å². The van der Waals surface area contributed by atoms with Crippen LogP contribution in [0.2, 0.25) is 0 Å². The molecule has 1 aliphatic rings. The Morgan fingerprint density at radius 3 is 2.60 bits per heavy atom. The molecule has 1 fully saturated rings. The van der Waals surface area contributed by atoms with Gasteiger partial charge in [0.1, 0.15) is 6.04 Å². The van der Waals surface area contributed by atoms with E-state index in [1.807, 2.05) is 11.8 Å². The van der Waals surface area contributed by atoms with Gasteiger partial charge in [-0.1, -0.05) is 13.3 Å². The molecule has 0 aromatic rings. The summed E-state index contributed by atoms with van der Waals surface area (Å²) in [7, 11) is 0. The second-order valence-electron chi connectivity index (χ2n) is 4.08. The Labute approximate surface area is 90.5 Å². The predicted molar refractivity (Wildman–Crippen MR) is 56.2 cm³/mol. The van der Waals surface area contributed by atoms with Gasteiger partial charge in [0.25, 0.3) is 0 Å². The van der Waals surface area contributed by atoms with Gasteiger partial charge in [-0.25, -0.2) is 0 Å². The molecule has 0 amide bonds. The molecule has 0 aromatic heterocycles. The molecular formula is C11H18N2O2. The third-order valence-electron chi connectivity index (χ3n) is 3.00. The number of likely N-dealkylation sites (tertiary alicyclic amines) is 1. The normalized spacial score (nSPS) is 20.8. The van der Waals surface area contributed by atoms with Crippen LogP contribution in [0.1, 0.15) is 32.6 Å². The standard InChI is InChI=1S/C11H18N2O2/c1-2-3-10(11(14)15)13-6-4-9(8-12)5-7-13/h9-10H,2-7H2,1H3,(H,14,15). The summed E-state index contributed by atoms with van der Waals surface area (Å²) in [6.07, 6.45) is 3.20. The van der Waals surface area contributed by atoms with Gasteiger partial charge in [0, 0.05) is 19.0 Å². The first kappa shape index (κ1) is 12.0. The Morgan fingerprint density at radius 2 is 2.20 bits per heavy atom. The van der Waals surface area contributed by atoms with Crippen molar-refractivity contribution in [2.75, 3.05) is 13.1 Å². The number of hydrogen-bond donors (Lipinski definition) is 1. The molecule has 1 saturated heterocycles. The maximum atomic E-state index is 11.0. The molecule has 4 heteroatoms. The number of aliphatic carboxylic acids is 1. The lowest BCUT2D eigenvalue weighted by molar-refractivity contribution is -0.144. The van der Waals surface area contributed by atoms with E-state index in [2.05, 4.69) is 6.07 Å². The van der Waals surface area contributed by atoms with Crippen LogP contribution in [-0.2, 0) is 4.79 Å².